The van der Waals surface area contributed by atoms with Crippen LogP contribution in [0.25, 0.3) is 0 Å². The molecule has 88 valence electrons. The number of nitrogens with one attached hydrogen (secondary N) is 1. The van der Waals surface area contributed by atoms with E-state index in [1.54, 1.807) is 0 Å². The van der Waals surface area contributed by atoms with Gasteiger partial charge in [0.15, 0.2) is 0 Å². The maximum atomic E-state index is 11.7. The largest absolute Gasteiger partial charge is 0.353 e. The van der Waals surface area contributed by atoms with Gasteiger partial charge in [-0.3, -0.25) is 4.79 Å². The lowest BCUT2D eigenvalue weighted by Gasteiger charge is -2.29. The summed E-state index contributed by atoms with van der Waals surface area (Å²) < 4.78 is 0. The fraction of sp³-hybridized carbons (Fsp3) is 0.917. The molecule has 3 atom stereocenters. The van der Waals surface area contributed by atoms with Crippen molar-refractivity contribution in [3.8, 4) is 0 Å². The van der Waals surface area contributed by atoms with Crippen LogP contribution in [0.5, 0.6) is 0 Å². The highest BCUT2D eigenvalue weighted by atomic mass is 16.1. The highest BCUT2D eigenvalue weighted by molar-refractivity contribution is 5.76. The Morgan fingerprint density at radius 1 is 1.47 bits per heavy atom. The summed E-state index contributed by atoms with van der Waals surface area (Å²) in [4.78, 5) is 11.7. The molecule has 0 radical (unpaired) electrons. The molecule has 1 aliphatic rings. The fourth-order valence-corrected chi connectivity index (χ4v) is 2.20. The lowest BCUT2D eigenvalue weighted by molar-refractivity contribution is -0.123. The van der Waals surface area contributed by atoms with Gasteiger partial charge in [0.05, 0.1) is 0 Å². The Morgan fingerprint density at radius 2 is 2.13 bits per heavy atom. The second-order valence-electron chi connectivity index (χ2n) is 4.98. The fourth-order valence-electron chi connectivity index (χ4n) is 2.20. The third-order valence-electron chi connectivity index (χ3n) is 3.39. The Balaban J connectivity index is 2.29. The number of carbonyl (C=O) groups is 1. The van der Waals surface area contributed by atoms with Crippen molar-refractivity contribution in [2.24, 2.45) is 17.6 Å². The minimum atomic E-state index is 0.173. The summed E-state index contributed by atoms with van der Waals surface area (Å²) >= 11 is 0. The zero-order chi connectivity index (χ0) is 11.3. The average Bonchev–Trinajstić information content (AvgIpc) is 2.21. The number of nitrogens with two attached hydrogens (primary N) is 1. The van der Waals surface area contributed by atoms with E-state index in [0.717, 1.165) is 6.42 Å². The highest BCUT2D eigenvalue weighted by Crippen LogP contribution is 2.23. The maximum Gasteiger partial charge on any atom is 0.220 e. The van der Waals surface area contributed by atoms with Gasteiger partial charge in [-0.15, -0.1) is 0 Å². The molecule has 0 aromatic rings. The minimum absolute atomic E-state index is 0.173. The Labute approximate surface area is 92.8 Å². The van der Waals surface area contributed by atoms with Crippen molar-refractivity contribution in [1.29, 1.82) is 0 Å². The normalized spacial score (nSPS) is 28.5. The average molecular weight is 212 g/mol. The number of carbonyl (C=O) groups excluding carboxylic acids is 1. The lowest BCUT2D eigenvalue weighted by Crippen LogP contribution is -2.41. The first-order chi connectivity index (χ1) is 7.13. The Kier molecular flexibility index (Phi) is 5.09. The quantitative estimate of drug-likeness (QED) is 0.744. The van der Waals surface area contributed by atoms with E-state index in [-0.39, 0.29) is 5.91 Å². The first-order valence-corrected chi connectivity index (χ1v) is 6.13. The number of hydrogen-bond donors (Lipinski definition) is 2. The summed E-state index contributed by atoms with van der Waals surface area (Å²) in [6, 6.07) is 0.399. The smallest absolute Gasteiger partial charge is 0.220 e. The van der Waals surface area contributed by atoms with E-state index < -0.39 is 0 Å². The molecule has 0 saturated heterocycles. The lowest BCUT2D eigenvalue weighted by atomic mass is 9.86. The van der Waals surface area contributed by atoms with Crippen LogP contribution >= 0.6 is 0 Å². The Morgan fingerprint density at radius 3 is 2.73 bits per heavy atom. The van der Waals surface area contributed by atoms with Gasteiger partial charge in [-0.2, -0.15) is 0 Å². The van der Waals surface area contributed by atoms with Crippen molar-refractivity contribution >= 4 is 5.91 Å². The number of amides is 1. The summed E-state index contributed by atoms with van der Waals surface area (Å²) in [7, 11) is 0. The van der Waals surface area contributed by atoms with Gasteiger partial charge < -0.3 is 11.1 Å². The second-order valence-corrected chi connectivity index (χ2v) is 4.98. The molecule has 1 aliphatic carbocycles. The van der Waals surface area contributed by atoms with Gasteiger partial charge in [0.25, 0.3) is 0 Å². The van der Waals surface area contributed by atoms with Crippen LogP contribution < -0.4 is 11.1 Å². The molecule has 15 heavy (non-hydrogen) atoms. The molecule has 3 unspecified atom stereocenters. The molecule has 1 fully saturated rings. The third-order valence-corrected chi connectivity index (χ3v) is 3.39. The third kappa shape index (κ3) is 4.20. The molecule has 1 saturated carbocycles. The SMILES string of the molecule is CC(CN)CC(=O)NC1CCCCC1C. The summed E-state index contributed by atoms with van der Waals surface area (Å²) in [6.45, 7) is 4.84. The molecule has 0 aromatic heterocycles. The van der Waals surface area contributed by atoms with Crippen LogP contribution in [0.4, 0.5) is 0 Å². The molecule has 1 rings (SSSR count). The molecular formula is C12H24N2O. The van der Waals surface area contributed by atoms with Crippen LogP contribution in [0.15, 0.2) is 0 Å². The van der Waals surface area contributed by atoms with Crippen LogP contribution in [0, 0.1) is 11.8 Å². The zero-order valence-electron chi connectivity index (χ0n) is 9.96. The molecule has 1 amide bonds. The molecule has 3 N–H and O–H groups in total. The van der Waals surface area contributed by atoms with Crippen molar-refractivity contribution in [2.45, 2.75) is 52.0 Å². The first-order valence-electron chi connectivity index (χ1n) is 6.13. The van der Waals surface area contributed by atoms with Gasteiger partial charge in [-0.25, -0.2) is 0 Å². The maximum absolute atomic E-state index is 11.7. The molecule has 3 heteroatoms. The summed E-state index contributed by atoms with van der Waals surface area (Å²) in [5, 5.41) is 3.14. The number of rotatable bonds is 4. The van der Waals surface area contributed by atoms with E-state index >= 15 is 0 Å². The van der Waals surface area contributed by atoms with Gasteiger partial charge >= 0.3 is 0 Å². The standard InChI is InChI=1S/C12H24N2O/c1-9(8-13)7-12(15)14-11-6-4-3-5-10(11)2/h9-11H,3-8,13H2,1-2H3,(H,14,15). The van der Waals surface area contributed by atoms with E-state index in [0.29, 0.717) is 30.8 Å². The van der Waals surface area contributed by atoms with Crippen LogP contribution in [0.2, 0.25) is 0 Å². The van der Waals surface area contributed by atoms with Crippen molar-refractivity contribution in [3.63, 3.8) is 0 Å². The number of hydrogen-bond acceptors (Lipinski definition) is 2. The van der Waals surface area contributed by atoms with Crippen LogP contribution in [0.1, 0.15) is 46.0 Å². The Hall–Kier alpha value is -0.570. The first kappa shape index (κ1) is 12.5. The second kappa shape index (κ2) is 6.11. The molecule has 0 bridgehead atoms. The predicted molar refractivity (Wildman–Crippen MR) is 62.4 cm³/mol. The monoisotopic (exact) mass is 212 g/mol. The van der Waals surface area contributed by atoms with E-state index in [4.69, 9.17) is 5.73 Å². The van der Waals surface area contributed by atoms with Crippen LogP contribution in [-0.2, 0) is 4.79 Å². The minimum Gasteiger partial charge on any atom is -0.353 e. The highest BCUT2D eigenvalue weighted by Gasteiger charge is 2.22. The van der Waals surface area contributed by atoms with E-state index in [9.17, 15) is 4.79 Å². The zero-order valence-corrected chi connectivity index (χ0v) is 9.96. The van der Waals surface area contributed by atoms with Gasteiger partial charge in [-0.05, 0) is 31.2 Å². The van der Waals surface area contributed by atoms with Gasteiger partial charge in [-0.1, -0.05) is 26.7 Å². The molecule has 0 spiro atoms. The van der Waals surface area contributed by atoms with Crippen molar-refractivity contribution in [1.82, 2.24) is 5.32 Å². The molecule has 0 aromatic carbocycles. The van der Waals surface area contributed by atoms with Gasteiger partial charge in [0.1, 0.15) is 0 Å². The molecular weight excluding hydrogens is 188 g/mol. The topological polar surface area (TPSA) is 55.1 Å². The van der Waals surface area contributed by atoms with Gasteiger partial charge in [0.2, 0.25) is 5.91 Å². The molecule has 0 heterocycles. The summed E-state index contributed by atoms with van der Waals surface area (Å²) in [6.07, 6.45) is 5.52. The predicted octanol–water partition coefficient (Wildman–Crippen LogP) is 1.67. The van der Waals surface area contributed by atoms with E-state index in [2.05, 4.69) is 12.2 Å². The van der Waals surface area contributed by atoms with E-state index in [1.807, 2.05) is 6.92 Å². The van der Waals surface area contributed by atoms with Gasteiger partial charge in [0, 0.05) is 12.5 Å². The van der Waals surface area contributed by atoms with Crippen LogP contribution in [0.3, 0.4) is 0 Å². The molecule has 3 nitrogen and oxygen atoms in total. The van der Waals surface area contributed by atoms with E-state index in [1.165, 1.54) is 19.3 Å². The van der Waals surface area contributed by atoms with Crippen molar-refractivity contribution < 1.29 is 4.79 Å². The molecule has 0 aliphatic heterocycles. The van der Waals surface area contributed by atoms with Crippen molar-refractivity contribution in [3.05, 3.63) is 0 Å². The van der Waals surface area contributed by atoms with Crippen LogP contribution in [-0.4, -0.2) is 18.5 Å². The van der Waals surface area contributed by atoms with Crippen molar-refractivity contribution in [2.75, 3.05) is 6.54 Å². The Bertz CT molecular complexity index is 206. The summed E-state index contributed by atoms with van der Waals surface area (Å²) in [5.41, 5.74) is 5.50. The summed E-state index contributed by atoms with van der Waals surface area (Å²) in [5.74, 6) is 1.10.